The monoisotopic (exact) mass is 657 g/mol. The molecule has 272 valence electrons. The number of hydrogen-bond acceptors (Lipinski definition) is 6. The fourth-order valence-corrected chi connectivity index (χ4v) is 5.74. The summed E-state index contributed by atoms with van der Waals surface area (Å²) in [5, 5.41) is 9.55. The van der Waals surface area contributed by atoms with Gasteiger partial charge in [0.15, 0.2) is 12.1 Å². The summed E-state index contributed by atoms with van der Waals surface area (Å²) in [6.07, 6.45) is 27.2. The highest BCUT2D eigenvalue weighted by Crippen LogP contribution is 2.15. The lowest BCUT2D eigenvalue weighted by molar-refractivity contribution is -0.887. The van der Waals surface area contributed by atoms with E-state index < -0.39 is 18.1 Å². The highest BCUT2D eigenvalue weighted by molar-refractivity contribution is 5.72. The van der Waals surface area contributed by atoms with Gasteiger partial charge in [0.2, 0.25) is 0 Å². The van der Waals surface area contributed by atoms with E-state index in [9.17, 15) is 19.5 Å². The summed E-state index contributed by atoms with van der Waals surface area (Å²) in [4.78, 5) is 36.6. The molecule has 0 saturated carbocycles. The second-order valence-electron chi connectivity index (χ2n) is 14.2. The van der Waals surface area contributed by atoms with Gasteiger partial charge in [0, 0.05) is 19.3 Å². The number of hydrogen-bond donors (Lipinski definition) is 1. The first-order chi connectivity index (χ1) is 22.1. The van der Waals surface area contributed by atoms with Gasteiger partial charge in [-0.05, 0) is 12.8 Å². The number of carbonyl (C=O) groups excluding carboxylic acids is 2. The number of nitrogens with zero attached hydrogens (tertiary/aromatic N) is 1. The van der Waals surface area contributed by atoms with Gasteiger partial charge < -0.3 is 23.8 Å². The zero-order valence-corrected chi connectivity index (χ0v) is 30.8. The molecule has 1 N–H and O–H groups in total. The van der Waals surface area contributed by atoms with Crippen molar-refractivity contribution >= 4 is 17.9 Å². The molecular formula is C38H74NO7+. The highest BCUT2D eigenvalue weighted by atomic mass is 16.6. The maximum Gasteiger partial charge on any atom is 0.362 e. The Hall–Kier alpha value is -1.67. The number of carboxylic acids is 1. The average Bonchev–Trinajstić information content (AvgIpc) is 3.00. The molecule has 0 aromatic rings. The van der Waals surface area contributed by atoms with Gasteiger partial charge in [0.05, 0.1) is 34.4 Å². The molecule has 0 aliphatic carbocycles. The van der Waals surface area contributed by atoms with Crippen LogP contribution in [-0.2, 0) is 28.6 Å². The number of rotatable bonds is 34. The SMILES string of the molecule is CCCCCCCCCCCCCCCCCC(=O)OCC(COCCC(C(=O)O)[N+](C)(C)C)OC(=O)CCCCCCCCC. The fourth-order valence-electron chi connectivity index (χ4n) is 5.74. The molecule has 0 rings (SSSR count). The largest absolute Gasteiger partial charge is 0.477 e. The van der Waals surface area contributed by atoms with Crippen molar-refractivity contribution in [2.24, 2.45) is 0 Å². The van der Waals surface area contributed by atoms with Crippen LogP contribution in [-0.4, -0.2) is 80.6 Å². The molecule has 0 aromatic heterocycles. The maximum atomic E-state index is 12.5. The van der Waals surface area contributed by atoms with E-state index in [4.69, 9.17) is 14.2 Å². The molecule has 0 aliphatic heterocycles. The minimum atomic E-state index is -0.874. The molecule has 8 heteroatoms. The van der Waals surface area contributed by atoms with Gasteiger partial charge in [-0.3, -0.25) is 9.59 Å². The highest BCUT2D eigenvalue weighted by Gasteiger charge is 2.31. The van der Waals surface area contributed by atoms with Gasteiger partial charge in [-0.15, -0.1) is 0 Å². The molecule has 2 atom stereocenters. The number of carbonyl (C=O) groups is 3. The third-order valence-electron chi connectivity index (χ3n) is 8.76. The van der Waals surface area contributed by atoms with E-state index in [1.54, 1.807) is 0 Å². The van der Waals surface area contributed by atoms with Crippen molar-refractivity contribution in [1.29, 1.82) is 0 Å². The molecular weight excluding hydrogens is 582 g/mol. The van der Waals surface area contributed by atoms with E-state index >= 15 is 0 Å². The van der Waals surface area contributed by atoms with Crippen molar-refractivity contribution in [3.8, 4) is 0 Å². The average molecular weight is 657 g/mol. The quantitative estimate of drug-likeness (QED) is 0.0418. The molecule has 8 nitrogen and oxygen atoms in total. The van der Waals surface area contributed by atoms with Crippen molar-refractivity contribution in [3.05, 3.63) is 0 Å². The lowest BCUT2D eigenvalue weighted by Crippen LogP contribution is -2.50. The molecule has 0 aliphatic rings. The summed E-state index contributed by atoms with van der Waals surface area (Å²) >= 11 is 0. The Morgan fingerprint density at radius 1 is 0.565 bits per heavy atom. The van der Waals surface area contributed by atoms with E-state index in [0.29, 0.717) is 19.3 Å². The van der Waals surface area contributed by atoms with E-state index in [1.165, 1.54) is 103 Å². The van der Waals surface area contributed by atoms with Crippen LogP contribution in [0.15, 0.2) is 0 Å². The van der Waals surface area contributed by atoms with Crippen LogP contribution in [0.5, 0.6) is 0 Å². The van der Waals surface area contributed by atoms with Gasteiger partial charge in [-0.25, -0.2) is 4.79 Å². The third kappa shape index (κ3) is 28.5. The number of unbranched alkanes of at least 4 members (excludes halogenated alkanes) is 20. The van der Waals surface area contributed by atoms with E-state index in [-0.39, 0.29) is 36.2 Å². The Balaban J connectivity index is 4.28. The summed E-state index contributed by atoms with van der Waals surface area (Å²) in [7, 11) is 5.52. The molecule has 0 bridgehead atoms. The summed E-state index contributed by atoms with van der Waals surface area (Å²) in [6.45, 7) is 4.70. The Kier molecular flexibility index (Phi) is 29.5. The molecule has 0 aromatic carbocycles. The Bertz CT molecular complexity index is 737. The minimum absolute atomic E-state index is 0.0436. The number of likely N-dealkylation sites (N-methyl/N-ethyl adjacent to an activating group) is 1. The summed E-state index contributed by atoms with van der Waals surface area (Å²) in [5.74, 6) is -1.46. The Morgan fingerprint density at radius 3 is 1.35 bits per heavy atom. The summed E-state index contributed by atoms with van der Waals surface area (Å²) in [5.41, 5.74) is 0. The zero-order chi connectivity index (χ0) is 34.3. The third-order valence-corrected chi connectivity index (χ3v) is 8.76. The number of aliphatic carboxylic acids is 1. The maximum absolute atomic E-state index is 12.5. The van der Waals surface area contributed by atoms with Crippen LogP contribution < -0.4 is 0 Å². The second-order valence-corrected chi connectivity index (χ2v) is 14.2. The molecule has 0 amide bonds. The predicted octanol–water partition coefficient (Wildman–Crippen LogP) is 9.41. The second kappa shape index (κ2) is 30.7. The van der Waals surface area contributed by atoms with Gasteiger partial charge >= 0.3 is 17.9 Å². The molecule has 0 spiro atoms. The molecule has 0 heterocycles. The van der Waals surface area contributed by atoms with E-state index in [1.807, 2.05) is 21.1 Å². The van der Waals surface area contributed by atoms with Crippen molar-refractivity contribution in [2.45, 2.75) is 187 Å². The van der Waals surface area contributed by atoms with Crippen LogP contribution >= 0.6 is 0 Å². The van der Waals surface area contributed by atoms with Crippen molar-refractivity contribution in [2.75, 3.05) is 41.0 Å². The van der Waals surface area contributed by atoms with Gasteiger partial charge in [0.25, 0.3) is 0 Å². The van der Waals surface area contributed by atoms with Crippen LogP contribution in [0.1, 0.15) is 174 Å². The summed E-state index contributed by atoms with van der Waals surface area (Å²) in [6, 6.07) is -0.606. The summed E-state index contributed by atoms with van der Waals surface area (Å²) < 4.78 is 17.1. The van der Waals surface area contributed by atoms with Crippen LogP contribution in [0.2, 0.25) is 0 Å². The Morgan fingerprint density at radius 2 is 0.957 bits per heavy atom. The van der Waals surface area contributed by atoms with Crippen molar-refractivity contribution in [1.82, 2.24) is 0 Å². The Labute approximate surface area is 283 Å². The van der Waals surface area contributed by atoms with Crippen molar-refractivity contribution < 1.29 is 38.2 Å². The van der Waals surface area contributed by atoms with Crippen LogP contribution in [0, 0.1) is 0 Å². The number of carboxylic acid groups (broad SMARTS) is 1. The van der Waals surface area contributed by atoms with E-state index in [2.05, 4.69) is 13.8 Å². The van der Waals surface area contributed by atoms with Gasteiger partial charge in [0.1, 0.15) is 6.61 Å². The van der Waals surface area contributed by atoms with Crippen LogP contribution in [0.4, 0.5) is 0 Å². The fraction of sp³-hybridized carbons (Fsp3) is 0.921. The lowest BCUT2D eigenvalue weighted by atomic mass is 10.0. The first kappa shape index (κ1) is 44.3. The smallest absolute Gasteiger partial charge is 0.362 e. The normalized spacial score (nSPS) is 13.0. The van der Waals surface area contributed by atoms with Crippen LogP contribution in [0.3, 0.4) is 0 Å². The number of ether oxygens (including phenoxy) is 3. The zero-order valence-electron chi connectivity index (χ0n) is 30.8. The number of quaternary nitrogens is 1. The predicted molar refractivity (Wildman–Crippen MR) is 188 cm³/mol. The number of esters is 2. The molecule has 0 radical (unpaired) electrons. The molecule has 0 saturated heterocycles. The first-order valence-corrected chi connectivity index (χ1v) is 19.1. The van der Waals surface area contributed by atoms with Gasteiger partial charge in [-0.1, -0.05) is 142 Å². The van der Waals surface area contributed by atoms with Crippen molar-refractivity contribution in [3.63, 3.8) is 0 Å². The van der Waals surface area contributed by atoms with E-state index in [0.717, 1.165) is 38.5 Å². The molecule has 46 heavy (non-hydrogen) atoms. The minimum Gasteiger partial charge on any atom is -0.477 e. The topological polar surface area (TPSA) is 99.1 Å². The standard InChI is InChI=1S/C38H73NO7/c1-6-8-10-12-14-15-16-17-18-19-20-21-23-24-26-28-36(40)45-33-34(32-44-31-30-35(38(42)43)39(3,4)5)46-37(41)29-27-25-22-13-11-9-7-2/h34-35H,6-33H2,1-5H3/p+1. The molecule has 0 fully saturated rings. The van der Waals surface area contributed by atoms with Gasteiger partial charge in [-0.2, -0.15) is 0 Å². The first-order valence-electron chi connectivity index (χ1n) is 19.1. The lowest BCUT2D eigenvalue weighted by Gasteiger charge is -2.31. The van der Waals surface area contributed by atoms with Crippen LogP contribution in [0.25, 0.3) is 0 Å². The molecule has 2 unspecified atom stereocenters.